The Morgan fingerprint density at radius 3 is 2.44 bits per heavy atom. The Hall–Kier alpha value is -3.94. The average molecular weight is 465 g/mol. The highest BCUT2D eigenvalue weighted by Gasteiger charge is 2.19. The van der Waals surface area contributed by atoms with Crippen molar-refractivity contribution in [1.29, 1.82) is 0 Å². The summed E-state index contributed by atoms with van der Waals surface area (Å²) in [7, 11) is 0. The Morgan fingerprint density at radius 2 is 1.68 bits per heavy atom. The van der Waals surface area contributed by atoms with Gasteiger partial charge in [0, 0.05) is 35.5 Å². The largest absolute Gasteiger partial charge is 0.457 e. The van der Waals surface area contributed by atoms with Crippen molar-refractivity contribution in [3.8, 4) is 11.5 Å². The molecule has 0 N–H and O–H groups in total. The molecule has 2 aromatic carbocycles. The number of carbonyl (C=O) groups excluding carboxylic acids is 3. The number of aryl methyl sites for hydroxylation is 1. The van der Waals surface area contributed by atoms with Gasteiger partial charge in [-0.3, -0.25) is 14.4 Å². The summed E-state index contributed by atoms with van der Waals surface area (Å²) in [5.41, 5.74) is 3.47. The van der Waals surface area contributed by atoms with Crippen molar-refractivity contribution in [1.82, 2.24) is 4.57 Å². The van der Waals surface area contributed by atoms with Crippen LogP contribution in [0.3, 0.4) is 0 Å². The van der Waals surface area contributed by atoms with Crippen molar-refractivity contribution in [2.24, 2.45) is 0 Å². The molecule has 1 aromatic heterocycles. The number of nitrogens with zero attached hydrogens (tertiary/aromatic N) is 1. The maximum absolute atomic E-state index is 13.0. The van der Waals surface area contributed by atoms with Gasteiger partial charge in [-0.2, -0.15) is 0 Å². The number of hydrogen-bond acceptors (Lipinski definition) is 6. The van der Waals surface area contributed by atoms with Gasteiger partial charge in [-0.1, -0.05) is 6.07 Å². The minimum atomic E-state index is -0.641. The fourth-order valence-corrected chi connectivity index (χ4v) is 3.84. The second-order valence-electron chi connectivity index (χ2n) is 8.07. The van der Waals surface area contributed by atoms with E-state index in [2.05, 4.69) is 0 Å². The zero-order chi connectivity index (χ0) is 24.2. The molecule has 0 amide bonds. The van der Waals surface area contributed by atoms with E-state index in [1.54, 1.807) is 6.07 Å². The number of aromatic nitrogens is 1. The summed E-state index contributed by atoms with van der Waals surface area (Å²) >= 11 is 0. The van der Waals surface area contributed by atoms with E-state index in [-0.39, 0.29) is 31.2 Å². The fraction of sp³-hybridized carbons (Fsp3) is 0.269. The predicted molar refractivity (Wildman–Crippen MR) is 121 cm³/mol. The van der Waals surface area contributed by atoms with E-state index in [9.17, 15) is 18.8 Å². The molecule has 0 fully saturated rings. The molecular formula is C26H24FNO6. The highest BCUT2D eigenvalue weighted by molar-refractivity contribution is 6.00. The van der Waals surface area contributed by atoms with Crippen LogP contribution < -0.4 is 9.47 Å². The van der Waals surface area contributed by atoms with Crippen molar-refractivity contribution in [2.75, 3.05) is 13.4 Å². The van der Waals surface area contributed by atoms with Gasteiger partial charge in [-0.25, -0.2) is 4.39 Å². The lowest BCUT2D eigenvalue weighted by Crippen LogP contribution is -2.16. The van der Waals surface area contributed by atoms with Crippen molar-refractivity contribution >= 4 is 17.5 Å². The number of carbonyl (C=O) groups is 3. The van der Waals surface area contributed by atoms with Crippen molar-refractivity contribution < 1.29 is 33.0 Å². The van der Waals surface area contributed by atoms with Gasteiger partial charge in [0.2, 0.25) is 12.6 Å². The molecule has 3 aromatic rings. The van der Waals surface area contributed by atoms with E-state index in [0.717, 1.165) is 17.0 Å². The summed E-state index contributed by atoms with van der Waals surface area (Å²) in [5.74, 6) is -0.288. The quantitative estimate of drug-likeness (QED) is 0.344. The lowest BCUT2D eigenvalue weighted by molar-refractivity contribution is -0.142. The van der Waals surface area contributed by atoms with Crippen LogP contribution in [0.5, 0.6) is 11.5 Å². The van der Waals surface area contributed by atoms with Gasteiger partial charge in [0.15, 0.2) is 23.9 Å². The van der Waals surface area contributed by atoms with E-state index in [0.29, 0.717) is 29.2 Å². The van der Waals surface area contributed by atoms with Gasteiger partial charge in [0.25, 0.3) is 0 Å². The summed E-state index contributed by atoms with van der Waals surface area (Å²) in [6.45, 7) is 4.10. The van der Waals surface area contributed by atoms with Gasteiger partial charge in [0.05, 0.1) is 6.42 Å². The average Bonchev–Trinajstić information content (AvgIpc) is 3.41. The van der Waals surface area contributed by atoms with Gasteiger partial charge < -0.3 is 18.8 Å². The molecule has 0 atom stereocenters. The van der Waals surface area contributed by atoms with E-state index < -0.39 is 18.4 Å². The molecule has 1 aliphatic rings. The number of hydrogen-bond donors (Lipinski definition) is 0. The number of ketones is 2. The van der Waals surface area contributed by atoms with Gasteiger partial charge >= 0.3 is 5.97 Å². The molecule has 1 aliphatic heterocycles. The SMILES string of the molecule is Cc1cc(C(=O)COC(=O)CCC(=O)c2ccc(F)cc2)c(C)n1Cc1ccc2c(c1)OCO2. The van der Waals surface area contributed by atoms with Crippen LogP contribution in [0.25, 0.3) is 0 Å². The van der Waals surface area contributed by atoms with Crippen molar-refractivity contribution in [3.05, 3.63) is 82.4 Å². The number of rotatable bonds is 9. The van der Waals surface area contributed by atoms with E-state index in [1.165, 1.54) is 24.3 Å². The first-order chi connectivity index (χ1) is 16.3. The third-order valence-corrected chi connectivity index (χ3v) is 5.74. The maximum Gasteiger partial charge on any atom is 0.306 e. The van der Waals surface area contributed by atoms with Crippen molar-refractivity contribution in [3.63, 3.8) is 0 Å². The predicted octanol–water partition coefficient (Wildman–Crippen LogP) is 4.41. The van der Waals surface area contributed by atoms with E-state index in [4.69, 9.17) is 14.2 Å². The number of ether oxygens (including phenoxy) is 3. The Balaban J connectivity index is 1.32. The van der Waals surface area contributed by atoms with E-state index in [1.807, 2.05) is 36.6 Å². The third kappa shape index (κ3) is 5.17. The zero-order valence-electron chi connectivity index (χ0n) is 18.9. The first-order valence-electron chi connectivity index (χ1n) is 10.8. The topological polar surface area (TPSA) is 83.8 Å². The molecule has 0 bridgehead atoms. The molecule has 7 nitrogen and oxygen atoms in total. The summed E-state index contributed by atoms with van der Waals surface area (Å²) < 4.78 is 30.8. The van der Waals surface area contributed by atoms with Crippen LogP contribution in [-0.2, 0) is 16.1 Å². The summed E-state index contributed by atoms with van der Waals surface area (Å²) in [6.07, 6.45) is -0.241. The molecule has 0 spiro atoms. The van der Waals surface area contributed by atoms with Crippen LogP contribution in [0.4, 0.5) is 4.39 Å². The molecule has 2 heterocycles. The van der Waals surface area contributed by atoms with Crippen LogP contribution in [-0.4, -0.2) is 35.5 Å². The number of Topliss-reactive ketones (excluding diaryl/α,β-unsaturated/α-hetero) is 2. The van der Waals surface area contributed by atoms with E-state index >= 15 is 0 Å². The Labute approximate surface area is 196 Å². The zero-order valence-corrected chi connectivity index (χ0v) is 18.9. The van der Waals surface area contributed by atoms with Crippen LogP contribution in [0, 0.1) is 19.7 Å². The molecular weight excluding hydrogens is 441 g/mol. The second-order valence-corrected chi connectivity index (χ2v) is 8.07. The monoisotopic (exact) mass is 465 g/mol. The number of fused-ring (bicyclic) bond motifs is 1. The van der Waals surface area contributed by atoms with Crippen LogP contribution in [0.15, 0.2) is 48.5 Å². The summed E-state index contributed by atoms with van der Waals surface area (Å²) in [5, 5.41) is 0. The van der Waals surface area contributed by atoms with Crippen LogP contribution >= 0.6 is 0 Å². The van der Waals surface area contributed by atoms with Crippen molar-refractivity contribution in [2.45, 2.75) is 33.2 Å². The standard InChI is InChI=1S/C26H24FNO6/c1-16-11-21(17(2)28(16)13-18-3-9-24-25(12-18)34-15-33-24)23(30)14-32-26(31)10-8-22(29)19-4-6-20(27)7-5-19/h3-7,9,11-12H,8,10,13-15H2,1-2H3. The summed E-state index contributed by atoms with van der Waals surface area (Å²) in [4.78, 5) is 36.9. The lowest BCUT2D eigenvalue weighted by atomic mass is 10.1. The fourth-order valence-electron chi connectivity index (χ4n) is 3.84. The number of esters is 1. The molecule has 34 heavy (non-hydrogen) atoms. The van der Waals surface area contributed by atoms with Gasteiger partial charge in [-0.15, -0.1) is 0 Å². The number of benzene rings is 2. The molecule has 8 heteroatoms. The van der Waals surface area contributed by atoms with Gasteiger partial charge in [-0.05, 0) is 61.9 Å². The molecule has 176 valence electrons. The molecule has 4 rings (SSSR count). The highest BCUT2D eigenvalue weighted by atomic mass is 19.1. The molecule has 0 saturated heterocycles. The molecule has 0 aliphatic carbocycles. The second kappa shape index (κ2) is 9.91. The number of halogens is 1. The Kier molecular flexibility index (Phi) is 6.77. The Bertz CT molecular complexity index is 1240. The smallest absolute Gasteiger partial charge is 0.306 e. The van der Waals surface area contributed by atoms with Crippen LogP contribution in [0.2, 0.25) is 0 Å². The Morgan fingerprint density at radius 1 is 0.941 bits per heavy atom. The maximum atomic E-state index is 13.0. The minimum absolute atomic E-state index is 0.0807. The molecule has 0 unspecified atom stereocenters. The first-order valence-corrected chi connectivity index (χ1v) is 10.8. The minimum Gasteiger partial charge on any atom is -0.457 e. The van der Waals surface area contributed by atoms with Crippen LogP contribution in [0.1, 0.15) is 50.5 Å². The summed E-state index contributed by atoms with van der Waals surface area (Å²) in [6, 6.07) is 12.6. The molecule has 0 radical (unpaired) electrons. The molecule has 0 saturated carbocycles. The normalized spacial score (nSPS) is 12.0. The first kappa shape index (κ1) is 23.2. The highest BCUT2D eigenvalue weighted by Crippen LogP contribution is 2.33. The van der Waals surface area contributed by atoms with Gasteiger partial charge in [0.1, 0.15) is 5.82 Å². The lowest BCUT2D eigenvalue weighted by Gasteiger charge is -2.11. The third-order valence-electron chi connectivity index (χ3n) is 5.74.